The molecule has 0 amide bonds. The van der Waals surface area contributed by atoms with Gasteiger partial charge in [-0.3, -0.25) is 0 Å². The summed E-state index contributed by atoms with van der Waals surface area (Å²) in [7, 11) is 0. The van der Waals surface area contributed by atoms with Crippen molar-refractivity contribution in [2.45, 2.75) is 0 Å². The van der Waals surface area contributed by atoms with Gasteiger partial charge in [0.25, 0.3) is 0 Å². The predicted octanol–water partition coefficient (Wildman–Crippen LogP) is 3.13. The lowest BCUT2D eigenvalue weighted by atomic mass is 10.2. The summed E-state index contributed by atoms with van der Waals surface area (Å²) in [6.45, 7) is 0. The van der Waals surface area contributed by atoms with Crippen LogP contribution in [0.25, 0.3) is 5.73 Å². The molecule has 0 heterocycles. The van der Waals surface area contributed by atoms with Gasteiger partial charge in [0.15, 0.2) is 0 Å². The van der Waals surface area contributed by atoms with Crippen LogP contribution in [-0.2, 0) is 0 Å². The molecule has 0 atom stereocenters. The van der Waals surface area contributed by atoms with Gasteiger partial charge >= 0.3 is 0 Å². The molecule has 52 valence electrons. The fourth-order valence-corrected chi connectivity index (χ4v) is 1.03. The van der Waals surface area contributed by atoms with Gasteiger partial charge in [0.05, 0.1) is 0 Å². The van der Waals surface area contributed by atoms with Gasteiger partial charge in [-0.1, -0.05) is 22.0 Å². The van der Waals surface area contributed by atoms with E-state index in [-0.39, 0.29) is 0 Å². The second kappa shape index (κ2) is 2.84. The van der Waals surface area contributed by atoms with Gasteiger partial charge in [-0.15, -0.1) is 5.69 Å². The van der Waals surface area contributed by atoms with Gasteiger partial charge < -0.3 is 11.1 Å². The molecule has 0 aromatic heterocycles. The van der Waals surface area contributed by atoms with E-state index in [1.54, 1.807) is 18.2 Å². The minimum absolute atomic E-state index is 0.387. The number of hydrogen-bond donors (Lipinski definition) is 1. The highest BCUT2D eigenvalue weighted by Crippen LogP contribution is 2.20. The van der Waals surface area contributed by atoms with Crippen LogP contribution < -0.4 is 0 Å². The Morgan fingerprint density at radius 1 is 1.50 bits per heavy atom. The Labute approximate surface area is 67.7 Å². The number of rotatable bonds is 1. The molecule has 0 unspecified atom stereocenters. The van der Waals surface area contributed by atoms with Crippen LogP contribution in [0, 0.1) is 5.41 Å². The summed E-state index contributed by atoms with van der Waals surface area (Å²) in [5.41, 5.74) is 8.32. The van der Waals surface area contributed by atoms with E-state index in [1.165, 1.54) is 6.21 Å². The smallest absolute Gasteiger partial charge is 0.0238 e. The third kappa shape index (κ3) is 1.36. The molecule has 1 aromatic carbocycles. The van der Waals surface area contributed by atoms with Crippen LogP contribution in [0.3, 0.4) is 0 Å². The summed E-state index contributed by atoms with van der Waals surface area (Å²) in [5, 5.41) is 6.92. The maximum atomic E-state index is 7.30. The molecule has 2 nitrogen and oxygen atoms in total. The molecule has 2 N–H and O–H groups in total. The van der Waals surface area contributed by atoms with E-state index >= 15 is 0 Å². The molecule has 0 saturated carbocycles. The van der Waals surface area contributed by atoms with Gasteiger partial charge in [0.1, 0.15) is 0 Å². The summed E-state index contributed by atoms with van der Waals surface area (Å²) in [4.78, 5) is 0. The average Bonchev–Trinajstić information content (AvgIpc) is 1.94. The predicted molar refractivity (Wildman–Crippen MR) is 46.0 cm³/mol. The van der Waals surface area contributed by atoms with Gasteiger partial charge in [-0.25, -0.2) is 0 Å². The monoisotopic (exact) mass is 197 g/mol. The summed E-state index contributed by atoms with van der Waals surface area (Å²) in [6.07, 6.45) is 1.17. The van der Waals surface area contributed by atoms with Crippen molar-refractivity contribution < 1.29 is 0 Å². The minimum Gasteiger partial charge on any atom is -0.698 e. The van der Waals surface area contributed by atoms with Crippen LogP contribution in [0.4, 0.5) is 5.69 Å². The van der Waals surface area contributed by atoms with Crippen LogP contribution >= 0.6 is 15.9 Å². The Morgan fingerprint density at radius 3 is 2.70 bits per heavy atom. The first-order valence-corrected chi connectivity index (χ1v) is 3.55. The first-order valence-electron chi connectivity index (χ1n) is 2.75. The van der Waals surface area contributed by atoms with Crippen LogP contribution in [-0.4, -0.2) is 6.21 Å². The quantitative estimate of drug-likeness (QED) is 0.674. The second-order valence-corrected chi connectivity index (χ2v) is 2.79. The molecule has 3 heteroatoms. The molecular formula is C7H6BrN2-. The fraction of sp³-hybridized carbons (Fsp3) is 0. The molecule has 0 radical (unpaired) electrons. The third-order valence-electron chi connectivity index (χ3n) is 1.17. The first kappa shape index (κ1) is 7.28. The highest BCUT2D eigenvalue weighted by Gasteiger charge is 1.89. The van der Waals surface area contributed by atoms with Crippen molar-refractivity contribution in [2.75, 3.05) is 0 Å². The molecule has 10 heavy (non-hydrogen) atoms. The standard InChI is InChI=1S/C7H6BrN2/c8-6-1-2-7(10)5(3-6)4-9/h1-4,9-10H/q-1. The van der Waals surface area contributed by atoms with Gasteiger partial charge in [0.2, 0.25) is 0 Å². The van der Waals surface area contributed by atoms with Crippen LogP contribution in [0.2, 0.25) is 0 Å². The van der Waals surface area contributed by atoms with Crippen LogP contribution in [0.1, 0.15) is 5.56 Å². The lowest BCUT2D eigenvalue weighted by molar-refractivity contribution is 1.54. The van der Waals surface area contributed by atoms with Crippen LogP contribution in [0.5, 0.6) is 0 Å². The topological polar surface area (TPSA) is 47.7 Å². The van der Waals surface area contributed by atoms with Crippen molar-refractivity contribution in [3.63, 3.8) is 0 Å². The zero-order chi connectivity index (χ0) is 7.56. The van der Waals surface area contributed by atoms with E-state index in [1.807, 2.05) is 0 Å². The molecule has 0 aliphatic heterocycles. The summed E-state index contributed by atoms with van der Waals surface area (Å²) in [5.74, 6) is 0. The first-order chi connectivity index (χ1) is 4.74. The maximum absolute atomic E-state index is 7.30. The molecule has 1 aromatic rings. The lowest BCUT2D eigenvalue weighted by Crippen LogP contribution is -1.78. The van der Waals surface area contributed by atoms with Gasteiger partial charge in [0, 0.05) is 10.7 Å². The van der Waals surface area contributed by atoms with Gasteiger partial charge in [-0.05, 0) is 17.7 Å². The van der Waals surface area contributed by atoms with Crippen molar-refractivity contribution in [1.82, 2.24) is 0 Å². The normalized spacial score (nSPS) is 9.30. The molecule has 0 spiro atoms. The minimum atomic E-state index is 0.387. The second-order valence-electron chi connectivity index (χ2n) is 1.88. The van der Waals surface area contributed by atoms with Crippen molar-refractivity contribution in [3.8, 4) is 0 Å². The summed E-state index contributed by atoms with van der Waals surface area (Å²) >= 11 is 3.25. The van der Waals surface area contributed by atoms with E-state index in [0.29, 0.717) is 11.3 Å². The van der Waals surface area contributed by atoms with E-state index < -0.39 is 0 Å². The Morgan fingerprint density at radius 2 is 2.20 bits per heavy atom. The molecule has 0 saturated heterocycles. The summed E-state index contributed by atoms with van der Waals surface area (Å²) < 4.78 is 0.905. The SMILES string of the molecule is N=Cc1cc(Br)ccc1[NH-]. The molecule has 1 rings (SSSR count). The number of halogens is 1. The molecule has 0 aliphatic carbocycles. The number of nitrogens with one attached hydrogen (secondary N) is 2. The Bertz CT molecular complexity index is 258. The summed E-state index contributed by atoms with van der Waals surface area (Å²) in [6, 6.07) is 5.19. The lowest BCUT2D eigenvalue weighted by Gasteiger charge is -2.06. The largest absolute Gasteiger partial charge is 0.698 e. The molecular weight excluding hydrogens is 192 g/mol. The Hall–Kier alpha value is -0.830. The number of hydrogen-bond acceptors (Lipinski definition) is 1. The number of benzene rings is 1. The molecule has 0 bridgehead atoms. The highest BCUT2D eigenvalue weighted by atomic mass is 79.9. The highest BCUT2D eigenvalue weighted by molar-refractivity contribution is 9.10. The maximum Gasteiger partial charge on any atom is 0.0238 e. The van der Waals surface area contributed by atoms with Crippen molar-refractivity contribution in [2.24, 2.45) is 0 Å². The zero-order valence-electron chi connectivity index (χ0n) is 5.19. The zero-order valence-corrected chi connectivity index (χ0v) is 6.77. The van der Waals surface area contributed by atoms with Gasteiger partial charge in [-0.2, -0.15) is 0 Å². The van der Waals surface area contributed by atoms with Crippen molar-refractivity contribution in [1.29, 1.82) is 5.41 Å². The third-order valence-corrected chi connectivity index (χ3v) is 1.66. The van der Waals surface area contributed by atoms with E-state index in [0.717, 1.165) is 4.47 Å². The molecule has 0 aliphatic rings. The van der Waals surface area contributed by atoms with Crippen LogP contribution in [0.15, 0.2) is 22.7 Å². The Balaban J connectivity index is 3.21. The van der Waals surface area contributed by atoms with E-state index in [4.69, 9.17) is 11.1 Å². The molecule has 0 fully saturated rings. The fourth-order valence-electron chi connectivity index (χ4n) is 0.653. The van der Waals surface area contributed by atoms with Crippen molar-refractivity contribution >= 4 is 27.8 Å². The average molecular weight is 198 g/mol. The van der Waals surface area contributed by atoms with Crippen molar-refractivity contribution in [3.05, 3.63) is 34.0 Å². The Kier molecular flexibility index (Phi) is 2.06. The van der Waals surface area contributed by atoms with E-state index in [9.17, 15) is 0 Å². The van der Waals surface area contributed by atoms with E-state index in [2.05, 4.69) is 15.9 Å².